The van der Waals surface area contributed by atoms with Crippen LogP contribution in [-0.4, -0.2) is 18.9 Å². The van der Waals surface area contributed by atoms with Gasteiger partial charge in [-0.2, -0.15) is 0 Å². The zero-order chi connectivity index (χ0) is 19.8. The van der Waals surface area contributed by atoms with E-state index in [0.717, 1.165) is 19.5 Å². The first-order valence-corrected chi connectivity index (χ1v) is 9.86. The summed E-state index contributed by atoms with van der Waals surface area (Å²) in [5, 5.41) is 12.7. The van der Waals surface area contributed by atoms with Crippen LogP contribution in [0, 0.1) is 11.7 Å². The first-order valence-electron chi connectivity index (χ1n) is 9.48. The van der Waals surface area contributed by atoms with Crippen molar-refractivity contribution in [1.29, 1.82) is 0 Å². The van der Waals surface area contributed by atoms with Gasteiger partial charge < -0.3 is 14.7 Å². The van der Waals surface area contributed by atoms with Gasteiger partial charge in [-0.05, 0) is 37.1 Å². The van der Waals surface area contributed by atoms with Gasteiger partial charge in [0, 0.05) is 17.0 Å². The maximum absolute atomic E-state index is 14.1. The van der Waals surface area contributed by atoms with Crippen molar-refractivity contribution in [2.75, 3.05) is 13.1 Å². The third kappa shape index (κ3) is 3.52. The summed E-state index contributed by atoms with van der Waals surface area (Å²) in [6.07, 6.45) is 3.63. The molecule has 0 bridgehead atoms. The summed E-state index contributed by atoms with van der Waals surface area (Å²) in [6.45, 7) is 4.72. The first kappa shape index (κ1) is 19.0. The van der Waals surface area contributed by atoms with E-state index in [1.165, 1.54) is 41.7 Å². The van der Waals surface area contributed by atoms with Crippen LogP contribution < -0.4 is 14.7 Å². The Hall–Kier alpha value is -2.37. The number of ketones is 1. The number of Topliss-reactive ketones (excluding diaryl/α,β-unsaturated/α-hetero) is 1. The quantitative estimate of drug-likeness (QED) is 0.804. The monoisotopic (exact) mass is 401 g/mol. The van der Waals surface area contributed by atoms with Crippen LogP contribution in [0.15, 0.2) is 36.1 Å². The molecule has 6 heteroatoms. The van der Waals surface area contributed by atoms with Gasteiger partial charge in [0.2, 0.25) is 5.78 Å². The van der Waals surface area contributed by atoms with Gasteiger partial charge in [-0.25, -0.2) is 4.39 Å². The highest BCUT2D eigenvalue weighted by Crippen LogP contribution is 2.39. The molecule has 2 aliphatic heterocycles. The predicted molar refractivity (Wildman–Crippen MR) is 103 cm³/mol. The largest absolute Gasteiger partial charge is 0.872 e. The SMILES string of the molecule is CC1CCC[NH+](Cc2c([O-])ccc3c2OC(=Cc2c(F)cccc2Cl)C3=O)C1. The van der Waals surface area contributed by atoms with E-state index in [1.54, 1.807) is 6.07 Å². The number of allylic oxidation sites excluding steroid dienone is 1. The van der Waals surface area contributed by atoms with Gasteiger partial charge in [-0.3, -0.25) is 4.79 Å². The lowest BCUT2D eigenvalue weighted by molar-refractivity contribution is -0.922. The van der Waals surface area contributed by atoms with Crippen LogP contribution in [0.4, 0.5) is 4.39 Å². The number of quaternary nitrogens is 1. The molecule has 2 aliphatic rings. The number of carbonyl (C=O) groups is 1. The zero-order valence-corrected chi connectivity index (χ0v) is 16.3. The number of rotatable bonds is 3. The highest BCUT2D eigenvalue weighted by atomic mass is 35.5. The molecule has 2 atom stereocenters. The van der Waals surface area contributed by atoms with Crippen molar-refractivity contribution >= 4 is 23.5 Å². The molecule has 1 N–H and O–H groups in total. The van der Waals surface area contributed by atoms with E-state index in [4.69, 9.17) is 16.3 Å². The third-order valence-electron chi connectivity index (χ3n) is 5.46. The highest BCUT2D eigenvalue weighted by Gasteiger charge is 2.32. The fourth-order valence-electron chi connectivity index (χ4n) is 4.04. The van der Waals surface area contributed by atoms with Crippen LogP contribution in [0.1, 0.15) is 41.3 Å². The molecule has 0 aromatic heterocycles. The molecule has 4 rings (SSSR count). The van der Waals surface area contributed by atoms with E-state index in [0.29, 0.717) is 29.3 Å². The fraction of sp³-hybridized carbons (Fsp3) is 0.318. The maximum atomic E-state index is 14.1. The Labute approximate surface area is 168 Å². The van der Waals surface area contributed by atoms with Crippen molar-refractivity contribution in [3.8, 4) is 11.5 Å². The molecule has 1 saturated heterocycles. The van der Waals surface area contributed by atoms with Gasteiger partial charge in [0.1, 0.15) is 18.1 Å². The lowest BCUT2D eigenvalue weighted by Gasteiger charge is -2.29. The number of hydrogen-bond donors (Lipinski definition) is 1. The molecule has 2 unspecified atom stereocenters. The minimum Gasteiger partial charge on any atom is -0.872 e. The van der Waals surface area contributed by atoms with Crippen LogP contribution in [0.3, 0.4) is 0 Å². The van der Waals surface area contributed by atoms with Crippen molar-refractivity contribution in [3.05, 3.63) is 63.6 Å². The molecule has 2 aromatic carbocycles. The molecule has 1 fully saturated rings. The van der Waals surface area contributed by atoms with Gasteiger partial charge in [0.25, 0.3) is 0 Å². The van der Waals surface area contributed by atoms with Gasteiger partial charge in [0.15, 0.2) is 5.76 Å². The second-order valence-corrected chi connectivity index (χ2v) is 8.03. The molecule has 2 aromatic rings. The molecule has 2 heterocycles. The lowest BCUT2D eigenvalue weighted by Crippen LogP contribution is -3.12. The number of fused-ring (bicyclic) bond motifs is 1. The molecule has 0 saturated carbocycles. The second-order valence-electron chi connectivity index (χ2n) is 7.62. The van der Waals surface area contributed by atoms with Crippen LogP contribution >= 0.6 is 11.6 Å². The summed E-state index contributed by atoms with van der Waals surface area (Å²) in [4.78, 5) is 14.1. The second kappa shape index (κ2) is 7.57. The number of piperidine rings is 1. The number of carbonyl (C=O) groups excluding carboxylic acids is 1. The Kier molecular flexibility index (Phi) is 5.13. The molecule has 4 nitrogen and oxygen atoms in total. The number of likely N-dealkylation sites (tertiary alicyclic amines) is 1. The van der Waals surface area contributed by atoms with Gasteiger partial charge in [0.05, 0.1) is 23.7 Å². The lowest BCUT2D eigenvalue weighted by atomic mass is 9.99. The molecular weight excluding hydrogens is 381 g/mol. The average Bonchev–Trinajstić information content (AvgIpc) is 2.97. The Balaban J connectivity index is 1.68. The van der Waals surface area contributed by atoms with Crippen LogP contribution in [0.5, 0.6) is 11.5 Å². The first-order chi connectivity index (χ1) is 13.4. The zero-order valence-electron chi connectivity index (χ0n) is 15.6. The number of benzene rings is 2. The van der Waals surface area contributed by atoms with Crippen molar-refractivity contribution in [2.24, 2.45) is 5.92 Å². The van der Waals surface area contributed by atoms with E-state index in [2.05, 4.69) is 6.92 Å². The maximum Gasteiger partial charge on any atom is 0.231 e. The predicted octanol–water partition coefficient (Wildman–Crippen LogP) is 2.98. The molecule has 146 valence electrons. The highest BCUT2D eigenvalue weighted by molar-refractivity contribution is 6.32. The summed E-state index contributed by atoms with van der Waals surface area (Å²) in [5.74, 6) is -0.140. The molecule has 28 heavy (non-hydrogen) atoms. The Morgan fingerprint density at radius 1 is 1.36 bits per heavy atom. The standard InChI is InChI=1S/C22H21ClFNO3/c1-13-4-3-9-25(11-13)12-16-19(26)8-7-14-21(27)20(28-22(14)16)10-15-17(23)5-2-6-18(15)24/h2,5-8,10,13,26H,3-4,9,11-12H2,1H3. The summed E-state index contributed by atoms with van der Waals surface area (Å²) >= 11 is 6.06. The average molecular weight is 402 g/mol. The third-order valence-corrected chi connectivity index (χ3v) is 5.79. The molecular formula is C22H21ClFNO3. The van der Waals surface area contributed by atoms with Gasteiger partial charge in [-0.15, -0.1) is 0 Å². The number of halogens is 2. The summed E-state index contributed by atoms with van der Waals surface area (Å²) < 4.78 is 19.9. The number of hydrogen-bond acceptors (Lipinski definition) is 3. The van der Waals surface area contributed by atoms with E-state index in [9.17, 15) is 14.3 Å². The summed E-state index contributed by atoms with van der Waals surface area (Å²) in [5.41, 5.74) is 0.954. The molecule has 0 spiro atoms. The van der Waals surface area contributed by atoms with Gasteiger partial charge >= 0.3 is 0 Å². The number of ether oxygens (including phenoxy) is 1. The van der Waals surface area contributed by atoms with E-state index >= 15 is 0 Å². The van der Waals surface area contributed by atoms with E-state index < -0.39 is 5.82 Å². The summed E-state index contributed by atoms with van der Waals surface area (Å²) in [7, 11) is 0. The topological polar surface area (TPSA) is 53.8 Å². The fourth-order valence-corrected chi connectivity index (χ4v) is 4.26. The van der Waals surface area contributed by atoms with Crippen molar-refractivity contribution < 1.29 is 23.9 Å². The van der Waals surface area contributed by atoms with Crippen molar-refractivity contribution in [2.45, 2.75) is 26.3 Å². The van der Waals surface area contributed by atoms with Crippen LogP contribution in [0.25, 0.3) is 6.08 Å². The van der Waals surface area contributed by atoms with Crippen molar-refractivity contribution in [3.63, 3.8) is 0 Å². The van der Waals surface area contributed by atoms with Crippen molar-refractivity contribution in [1.82, 2.24) is 0 Å². The van der Waals surface area contributed by atoms with E-state index in [-0.39, 0.29) is 27.9 Å². The molecule has 0 radical (unpaired) electrons. The minimum absolute atomic E-state index is 0.0177. The van der Waals surface area contributed by atoms with Crippen LogP contribution in [-0.2, 0) is 6.54 Å². The Morgan fingerprint density at radius 3 is 2.93 bits per heavy atom. The normalized spacial score (nSPS) is 23.0. The van der Waals surface area contributed by atoms with E-state index in [1.807, 2.05) is 0 Å². The summed E-state index contributed by atoms with van der Waals surface area (Å²) in [6, 6.07) is 7.22. The minimum atomic E-state index is -0.538. The Bertz CT molecular complexity index is 952. The smallest absolute Gasteiger partial charge is 0.231 e. The van der Waals surface area contributed by atoms with Crippen LogP contribution in [0.2, 0.25) is 5.02 Å². The van der Waals surface area contributed by atoms with Gasteiger partial charge in [-0.1, -0.05) is 36.4 Å². The number of nitrogens with one attached hydrogen (secondary N) is 1. The Morgan fingerprint density at radius 2 is 2.18 bits per heavy atom. The molecule has 0 aliphatic carbocycles. The molecule has 0 amide bonds.